The minimum atomic E-state index is -1.89. The van der Waals surface area contributed by atoms with E-state index in [1.54, 1.807) is 0 Å². The first-order valence-electron chi connectivity index (χ1n) is 10.2. The first kappa shape index (κ1) is 25.1. The van der Waals surface area contributed by atoms with Gasteiger partial charge in [-0.05, 0) is 6.92 Å². The Morgan fingerprint density at radius 1 is 0.839 bits per heavy atom. The van der Waals surface area contributed by atoms with Crippen LogP contribution in [0.5, 0.6) is 0 Å². The van der Waals surface area contributed by atoms with Crippen molar-refractivity contribution in [1.29, 1.82) is 0 Å². The highest BCUT2D eigenvalue weighted by Gasteiger charge is 2.58. The predicted octanol–water partition coefficient (Wildman–Crippen LogP) is -5.05. The van der Waals surface area contributed by atoms with Crippen LogP contribution in [0.4, 0.5) is 4.39 Å². The molecule has 0 aromatic carbocycles. The second-order valence-corrected chi connectivity index (χ2v) is 8.52. The van der Waals surface area contributed by atoms with Gasteiger partial charge in [-0.25, -0.2) is 4.39 Å². The lowest BCUT2D eigenvalue weighted by molar-refractivity contribution is -0.341. The quantitative estimate of drug-likeness (QED) is 0.190. The van der Waals surface area contributed by atoms with Crippen LogP contribution in [0.2, 0.25) is 0 Å². The SMILES string of the molecule is C[C@H]1O[C@@H](O[C@H]2[C@H](O)[C@@H](O)[C@@H](C3[C@@H](CO)[C@@H](N)[C@H](F)[C@H]3O)O[C@@H]2CO)[C@H](O)[C@@H](O)[C@@H]1O. The molecule has 0 radical (unpaired) electrons. The number of alkyl halides is 1. The largest absolute Gasteiger partial charge is 0.396 e. The van der Waals surface area contributed by atoms with Crippen molar-refractivity contribution in [3.8, 4) is 0 Å². The van der Waals surface area contributed by atoms with E-state index in [1.807, 2.05) is 0 Å². The Balaban J connectivity index is 1.78. The molecule has 10 N–H and O–H groups in total. The molecule has 3 rings (SSSR count). The van der Waals surface area contributed by atoms with Gasteiger partial charge >= 0.3 is 0 Å². The normalized spacial score (nSPS) is 56.0. The van der Waals surface area contributed by atoms with Gasteiger partial charge in [0.05, 0.1) is 24.9 Å². The zero-order chi connectivity index (χ0) is 23.2. The van der Waals surface area contributed by atoms with E-state index >= 15 is 0 Å². The maximum atomic E-state index is 14.2. The van der Waals surface area contributed by atoms with Gasteiger partial charge in [0.1, 0.15) is 48.9 Å². The zero-order valence-corrected chi connectivity index (χ0v) is 16.8. The van der Waals surface area contributed by atoms with Crippen molar-refractivity contribution < 1.29 is 59.5 Å². The summed E-state index contributed by atoms with van der Waals surface area (Å²) in [6, 6.07) is -1.22. The van der Waals surface area contributed by atoms with E-state index in [-0.39, 0.29) is 0 Å². The third-order valence-corrected chi connectivity index (χ3v) is 6.67. The highest BCUT2D eigenvalue weighted by Crippen LogP contribution is 2.41. The molecule has 12 nitrogen and oxygen atoms in total. The van der Waals surface area contributed by atoms with Crippen molar-refractivity contribution in [1.82, 2.24) is 0 Å². The molecule has 15 atom stereocenters. The Morgan fingerprint density at radius 2 is 1.48 bits per heavy atom. The van der Waals surface area contributed by atoms with E-state index < -0.39 is 105 Å². The zero-order valence-electron chi connectivity index (χ0n) is 16.8. The van der Waals surface area contributed by atoms with Crippen molar-refractivity contribution in [2.45, 2.75) is 86.5 Å². The van der Waals surface area contributed by atoms with E-state index in [0.29, 0.717) is 0 Å². The first-order chi connectivity index (χ1) is 14.5. The van der Waals surface area contributed by atoms with Crippen LogP contribution in [0.1, 0.15) is 6.92 Å². The average Bonchev–Trinajstić information content (AvgIpc) is 2.97. The smallest absolute Gasteiger partial charge is 0.187 e. The summed E-state index contributed by atoms with van der Waals surface area (Å²) in [6.45, 7) is 0.0909. The summed E-state index contributed by atoms with van der Waals surface area (Å²) in [5.41, 5.74) is 5.71. The van der Waals surface area contributed by atoms with E-state index in [0.717, 1.165) is 0 Å². The standard InChI is InChI=1S/C18H32FNO11/c1-4-10(23)12(25)15(28)18(29-4)31-16-6(3-22)30-17(14(27)13(16)26)7-5(2-21)9(20)8(19)11(7)24/h4-18,21-28H,2-3,20H2,1H3/t4-,5-,6-,7?,8+,9-,10-,11+,12+,13-,14-,15-,16-,17-,18+/m1/s1. The molecule has 0 bridgehead atoms. The Kier molecular flexibility index (Phi) is 7.89. The van der Waals surface area contributed by atoms with Gasteiger partial charge in [-0.1, -0.05) is 0 Å². The minimum absolute atomic E-state index is 0.601. The van der Waals surface area contributed by atoms with Crippen molar-refractivity contribution in [3.63, 3.8) is 0 Å². The van der Waals surface area contributed by atoms with Crippen molar-refractivity contribution in [2.75, 3.05) is 13.2 Å². The lowest BCUT2D eigenvalue weighted by Gasteiger charge is -2.48. The van der Waals surface area contributed by atoms with Crippen LogP contribution < -0.4 is 5.73 Å². The summed E-state index contributed by atoms with van der Waals surface area (Å²) in [6.07, 6.45) is -18.4. The fourth-order valence-corrected chi connectivity index (χ4v) is 4.75. The molecule has 0 aromatic rings. The van der Waals surface area contributed by atoms with E-state index in [1.165, 1.54) is 6.92 Å². The molecule has 13 heteroatoms. The summed E-state index contributed by atoms with van der Waals surface area (Å²) in [5.74, 6) is -2.15. The number of hydrogen-bond acceptors (Lipinski definition) is 12. The molecule has 2 aliphatic heterocycles. The molecular formula is C18H32FNO11. The lowest BCUT2D eigenvalue weighted by Crippen LogP contribution is -2.65. The summed E-state index contributed by atoms with van der Waals surface area (Å²) in [4.78, 5) is 0. The second-order valence-electron chi connectivity index (χ2n) is 8.52. The van der Waals surface area contributed by atoms with Crippen LogP contribution in [0.25, 0.3) is 0 Å². The number of hydrogen-bond donors (Lipinski definition) is 9. The molecule has 1 unspecified atom stereocenters. The lowest BCUT2D eigenvalue weighted by atomic mass is 9.81. The number of halogens is 1. The minimum Gasteiger partial charge on any atom is -0.396 e. The fraction of sp³-hybridized carbons (Fsp3) is 1.00. The molecule has 31 heavy (non-hydrogen) atoms. The van der Waals surface area contributed by atoms with E-state index in [4.69, 9.17) is 19.9 Å². The predicted molar refractivity (Wildman–Crippen MR) is 97.9 cm³/mol. The Hall–Kier alpha value is -0.550. The summed E-state index contributed by atoms with van der Waals surface area (Å²) in [5, 5.41) is 80.7. The number of aliphatic hydroxyl groups excluding tert-OH is 8. The molecule has 2 heterocycles. The maximum Gasteiger partial charge on any atom is 0.187 e. The Labute approximate surface area is 177 Å². The number of rotatable bonds is 5. The van der Waals surface area contributed by atoms with Crippen molar-refractivity contribution in [2.24, 2.45) is 17.6 Å². The maximum absolute atomic E-state index is 14.2. The summed E-state index contributed by atoms with van der Waals surface area (Å²) in [7, 11) is 0. The Bertz CT molecular complexity index is 603. The van der Waals surface area contributed by atoms with Gasteiger partial charge < -0.3 is 60.8 Å². The molecule has 3 fully saturated rings. The Morgan fingerprint density at radius 3 is 2.06 bits per heavy atom. The van der Waals surface area contributed by atoms with Gasteiger partial charge in [0, 0.05) is 24.5 Å². The summed E-state index contributed by atoms with van der Waals surface area (Å²) >= 11 is 0. The van der Waals surface area contributed by atoms with Gasteiger partial charge in [-0.2, -0.15) is 0 Å². The average molecular weight is 457 g/mol. The van der Waals surface area contributed by atoms with Crippen LogP contribution in [0.15, 0.2) is 0 Å². The van der Waals surface area contributed by atoms with E-state index in [2.05, 4.69) is 0 Å². The van der Waals surface area contributed by atoms with E-state index in [9.17, 15) is 45.2 Å². The molecule has 2 saturated heterocycles. The highest BCUT2D eigenvalue weighted by molar-refractivity contribution is 5.07. The van der Waals surface area contributed by atoms with Gasteiger partial charge in [0.15, 0.2) is 6.29 Å². The van der Waals surface area contributed by atoms with Crippen LogP contribution in [0, 0.1) is 11.8 Å². The molecule has 1 aliphatic carbocycles. The molecule has 3 aliphatic rings. The van der Waals surface area contributed by atoms with Gasteiger partial charge in [-0.3, -0.25) is 0 Å². The van der Waals surface area contributed by atoms with Gasteiger partial charge in [0.2, 0.25) is 0 Å². The van der Waals surface area contributed by atoms with Crippen LogP contribution >= 0.6 is 0 Å². The van der Waals surface area contributed by atoms with Crippen molar-refractivity contribution in [3.05, 3.63) is 0 Å². The second kappa shape index (κ2) is 9.75. The van der Waals surface area contributed by atoms with Crippen LogP contribution in [-0.4, -0.2) is 134 Å². The fourth-order valence-electron chi connectivity index (χ4n) is 4.75. The summed E-state index contributed by atoms with van der Waals surface area (Å²) < 4.78 is 30.7. The first-order valence-corrected chi connectivity index (χ1v) is 10.2. The van der Waals surface area contributed by atoms with Gasteiger partial charge in [0.25, 0.3) is 0 Å². The molecule has 0 spiro atoms. The topological polar surface area (TPSA) is 216 Å². The number of nitrogens with two attached hydrogens (primary N) is 1. The third kappa shape index (κ3) is 4.35. The van der Waals surface area contributed by atoms with Crippen molar-refractivity contribution >= 4 is 0 Å². The van der Waals surface area contributed by atoms with Crippen LogP contribution in [0.3, 0.4) is 0 Å². The number of aliphatic hydroxyl groups is 8. The third-order valence-electron chi connectivity index (χ3n) is 6.67. The van der Waals surface area contributed by atoms with Gasteiger partial charge in [-0.15, -0.1) is 0 Å². The molecule has 1 saturated carbocycles. The van der Waals surface area contributed by atoms with Crippen LogP contribution in [-0.2, 0) is 14.2 Å². The number of ether oxygens (including phenoxy) is 3. The molecule has 0 aromatic heterocycles. The monoisotopic (exact) mass is 457 g/mol. The molecule has 182 valence electrons. The highest BCUT2D eigenvalue weighted by atomic mass is 19.1. The molecule has 0 amide bonds. The molecular weight excluding hydrogens is 425 g/mol.